The molecule has 0 aromatic carbocycles. The minimum absolute atomic E-state index is 0.0916. The van der Waals surface area contributed by atoms with E-state index in [1.165, 1.54) is 44.9 Å². The first-order valence-corrected chi connectivity index (χ1v) is 13.0. The minimum atomic E-state index is -0.134. The summed E-state index contributed by atoms with van der Waals surface area (Å²) in [6, 6.07) is 0. The maximum atomic E-state index is 11.5. The van der Waals surface area contributed by atoms with Gasteiger partial charge in [-0.2, -0.15) is 0 Å². The van der Waals surface area contributed by atoms with Crippen LogP contribution in [0.5, 0.6) is 0 Å². The number of esters is 1. The molecule has 4 rings (SSSR count). The largest absolute Gasteiger partial charge is 0.462 e. The standard InChI is InChI=1S/C28H44O3/c1-18(7-6-8-19(2)29)24-11-12-25-23-10-9-21-17-22(31-20(3)30)13-15-27(21,4)26(23)14-16-28(24,25)5/h9,18,22-26H,6-8,10-17H2,1-5H3/t18-,22-,23+,24+,25-,26+,27-,28+/m0/s1. The van der Waals surface area contributed by atoms with Gasteiger partial charge in [-0.1, -0.05) is 38.8 Å². The van der Waals surface area contributed by atoms with Gasteiger partial charge in [-0.05, 0) is 98.7 Å². The molecule has 0 aromatic heterocycles. The number of ether oxygens (including phenoxy) is 1. The van der Waals surface area contributed by atoms with E-state index in [0.717, 1.165) is 55.3 Å². The van der Waals surface area contributed by atoms with Crippen molar-refractivity contribution in [3.8, 4) is 0 Å². The number of carbonyl (C=O) groups is 2. The van der Waals surface area contributed by atoms with Crippen molar-refractivity contribution in [1.29, 1.82) is 0 Å². The van der Waals surface area contributed by atoms with Crippen molar-refractivity contribution in [1.82, 2.24) is 0 Å². The van der Waals surface area contributed by atoms with Crippen LogP contribution < -0.4 is 0 Å². The summed E-state index contributed by atoms with van der Waals surface area (Å²) in [4.78, 5) is 22.8. The van der Waals surface area contributed by atoms with Gasteiger partial charge in [0.15, 0.2) is 0 Å². The summed E-state index contributed by atoms with van der Waals surface area (Å²) in [6.45, 7) is 10.9. The SMILES string of the molecule is CC(=O)CCC[C@H](C)[C@H]1CC[C@H]2[C@H]3CC=C4C[C@@H](OC(C)=O)CC[C@]4(C)[C@@H]3CC[C@]12C. The minimum Gasteiger partial charge on any atom is -0.462 e. The molecule has 0 aliphatic heterocycles. The Balaban J connectivity index is 1.47. The summed E-state index contributed by atoms with van der Waals surface area (Å²) in [5.41, 5.74) is 2.38. The molecule has 0 bridgehead atoms. The van der Waals surface area contributed by atoms with Gasteiger partial charge in [0.1, 0.15) is 11.9 Å². The first-order chi connectivity index (χ1) is 14.6. The second kappa shape index (κ2) is 8.67. The van der Waals surface area contributed by atoms with Gasteiger partial charge in [0.2, 0.25) is 0 Å². The fourth-order valence-electron chi connectivity index (χ4n) is 8.81. The van der Waals surface area contributed by atoms with E-state index in [0.29, 0.717) is 16.6 Å². The summed E-state index contributed by atoms with van der Waals surface area (Å²) < 4.78 is 5.59. The van der Waals surface area contributed by atoms with Crippen molar-refractivity contribution in [3.05, 3.63) is 11.6 Å². The highest BCUT2D eigenvalue weighted by Gasteiger charge is 2.59. The molecule has 3 fully saturated rings. The topological polar surface area (TPSA) is 43.4 Å². The molecule has 0 saturated heterocycles. The molecule has 3 nitrogen and oxygen atoms in total. The summed E-state index contributed by atoms with van der Waals surface area (Å²) in [5.74, 6) is 4.24. The van der Waals surface area contributed by atoms with Crippen molar-refractivity contribution in [2.24, 2.45) is 40.4 Å². The Morgan fingerprint density at radius 1 is 1.10 bits per heavy atom. The van der Waals surface area contributed by atoms with Crippen LogP contribution in [-0.4, -0.2) is 17.9 Å². The van der Waals surface area contributed by atoms with Crippen LogP contribution in [0.4, 0.5) is 0 Å². The molecule has 0 spiro atoms. The highest BCUT2D eigenvalue weighted by Crippen LogP contribution is 2.67. The summed E-state index contributed by atoms with van der Waals surface area (Å²) >= 11 is 0. The smallest absolute Gasteiger partial charge is 0.302 e. The molecule has 174 valence electrons. The molecule has 0 radical (unpaired) electrons. The molecule has 0 aromatic rings. The Morgan fingerprint density at radius 2 is 1.87 bits per heavy atom. The third kappa shape index (κ3) is 4.15. The molecule has 4 aliphatic rings. The van der Waals surface area contributed by atoms with Gasteiger partial charge in [-0.25, -0.2) is 0 Å². The normalized spacial score (nSPS) is 42.6. The molecule has 0 unspecified atom stereocenters. The number of hydrogen-bond donors (Lipinski definition) is 0. The molecule has 0 N–H and O–H groups in total. The maximum Gasteiger partial charge on any atom is 0.302 e. The van der Waals surface area contributed by atoms with Crippen LogP contribution in [-0.2, 0) is 14.3 Å². The zero-order chi connectivity index (χ0) is 22.4. The predicted molar refractivity (Wildman–Crippen MR) is 124 cm³/mol. The molecule has 31 heavy (non-hydrogen) atoms. The van der Waals surface area contributed by atoms with Gasteiger partial charge in [0.25, 0.3) is 0 Å². The second-order valence-corrected chi connectivity index (χ2v) is 12.0. The Labute approximate surface area is 189 Å². The zero-order valence-corrected chi connectivity index (χ0v) is 20.5. The lowest BCUT2D eigenvalue weighted by Crippen LogP contribution is -2.51. The Morgan fingerprint density at radius 3 is 2.58 bits per heavy atom. The highest BCUT2D eigenvalue weighted by molar-refractivity contribution is 5.75. The Hall–Kier alpha value is -1.12. The zero-order valence-electron chi connectivity index (χ0n) is 20.5. The quantitative estimate of drug-likeness (QED) is 0.342. The van der Waals surface area contributed by atoms with Crippen LogP contribution in [0.3, 0.4) is 0 Å². The lowest BCUT2D eigenvalue weighted by molar-refractivity contribution is -0.148. The van der Waals surface area contributed by atoms with Crippen molar-refractivity contribution in [3.63, 3.8) is 0 Å². The van der Waals surface area contributed by atoms with Crippen LogP contribution in [0, 0.1) is 40.4 Å². The summed E-state index contributed by atoms with van der Waals surface area (Å²) in [6.07, 6.45) is 15.6. The molecule has 0 heterocycles. The van der Waals surface area contributed by atoms with E-state index in [2.05, 4.69) is 26.8 Å². The number of ketones is 1. The van der Waals surface area contributed by atoms with Crippen molar-refractivity contribution >= 4 is 11.8 Å². The fourth-order valence-corrected chi connectivity index (χ4v) is 8.81. The van der Waals surface area contributed by atoms with Crippen LogP contribution in [0.25, 0.3) is 0 Å². The molecular weight excluding hydrogens is 384 g/mol. The number of hydrogen-bond acceptors (Lipinski definition) is 3. The van der Waals surface area contributed by atoms with E-state index < -0.39 is 0 Å². The van der Waals surface area contributed by atoms with E-state index in [1.54, 1.807) is 19.4 Å². The van der Waals surface area contributed by atoms with Crippen LogP contribution in [0.15, 0.2) is 11.6 Å². The summed E-state index contributed by atoms with van der Waals surface area (Å²) in [5, 5.41) is 0. The first-order valence-electron chi connectivity index (χ1n) is 13.0. The van der Waals surface area contributed by atoms with E-state index >= 15 is 0 Å². The number of carbonyl (C=O) groups excluding carboxylic acids is 2. The van der Waals surface area contributed by atoms with Crippen LogP contribution in [0.2, 0.25) is 0 Å². The first kappa shape index (κ1) is 23.1. The molecule has 0 amide bonds. The second-order valence-electron chi connectivity index (χ2n) is 12.0. The van der Waals surface area contributed by atoms with Gasteiger partial charge in [0, 0.05) is 19.8 Å². The molecule has 3 saturated carbocycles. The molecular formula is C28H44O3. The summed E-state index contributed by atoms with van der Waals surface area (Å²) in [7, 11) is 0. The van der Waals surface area contributed by atoms with Crippen LogP contribution in [0.1, 0.15) is 105 Å². The number of Topliss-reactive ketones (excluding diaryl/α,β-unsaturated/α-hetero) is 1. The molecule has 3 heteroatoms. The van der Waals surface area contributed by atoms with Gasteiger partial charge in [-0.15, -0.1) is 0 Å². The van der Waals surface area contributed by atoms with Gasteiger partial charge >= 0.3 is 5.97 Å². The van der Waals surface area contributed by atoms with Crippen molar-refractivity contribution in [2.45, 2.75) is 111 Å². The number of fused-ring (bicyclic) bond motifs is 5. The van der Waals surface area contributed by atoms with Gasteiger partial charge in [-0.3, -0.25) is 4.79 Å². The maximum absolute atomic E-state index is 11.5. The van der Waals surface area contributed by atoms with Crippen molar-refractivity contribution < 1.29 is 14.3 Å². The van der Waals surface area contributed by atoms with E-state index in [9.17, 15) is 9.59 Å². The number of allylic oxidation sites excluding steroid dienone is 1. The lowest BCUT2D eigenvalue weighted by atomic mass is 9.47. The van der Waals surface area contributed by atoms with E-state index in [1.807, 2.05) is 0 Å². The van der Waals surface area contributed by atoms with E-state index in [4.69, 9.17) is 4.74 Å². The fraction of sp³-hybridized carbons (Fsp3) is 0.857. The van der Waals surface area contributed by atoms with Gasteiger partial charge in [0.05, 0.1) is 0 Å². The van der Waals surface area contributed by atoms with Gasteiger partial charge < -0.3 is 9.53 Å². The van der Waals surface area contributed by atoms with Crippen molar-refractivity contribution in [2.75, 3.05) is 0 Å². The van der Waals surface area contributed by atoms with Crippen LogP contribution >= 0.6 is 0 Å². The Kier molecular flexibility index (Phi) is 6.45. The number of rotatable bonds is 6. The van der Waals surface area contributed by atoms with E-state index in [-0.39, 0.29) is 12.1 Å². The average molecular weight is 429 g/mol. The third-order valence-corrected chi connectivity index (χ3v) is 10.3. The lowest BCUT2D eigenvalue weighted by Gasteiger charge is -2.58. The Bertz CT molecular complexity index is 739. The third-order valence-electron chi connectivity index (χ3n) is 10.3. The average Bonchev–Trinajstić information content (AvgIpc) is 3.05. The molecule has 8 atom stereocenters. The highest BCUT2D eigenvalue weighted by atomic mass is 16.5. The molecule has 4 aliphatic carbocycles. The monoisotopic (exact) mass is 428 g/mol. The predicted octanol–water partition coefficient (Wildman–Crippen LogP) is 6.89.